The third-order valence-electron chi connectivity index (χ3n) is 5.98. The first-order chi connectivity index (χ1) is 14.7. The van der Waals surface area contributed by atoms with E-state index in [-0.39, 0.29) is 12.2 Å². The molecule has 2 aromatic carbocycles. The summed E-state index contributed by atoms with van der Waals surface area (Å²) in [5.41, 5.74) is 4.75. The Balaban J connectivity index is 1.93. The highest BCUT2D eigenvalue weighted by molar-refractivity contribution is 6.00. The predicted molar refractivity (Wildman–Crippen MR) is 119 cm³/mol. The van der Waals surface area contributed by atoms with E-state index in [1.807, 2.05) is 26.8 Å². The van der Waals surface area contributed by atoms with Crippen LogP contribution in [0.25, 0.3) is 11.1 Å². The van der Waals surface area contributed by atoms with E-state index in [4.69, 9.17) is 14.2 Å². The van der Waals surface area contributed by atoms with Gasteiger partial charge in [0.2, 0.25) is 0 Å². The SMILES string of the molecule is CCCCCc1cc2c(c3c1C(=O)OC(CC(C)=O)O3)-c1cc(C)ccc1C(C)(C)O2. The standard InChI is InChI=1S/C26H30O5/c1-6-7-8-9-17-14-20-23(18-12-15(2)10-11-19(18)26(4,5)31-20)24-22(17)25(28)30-21(29-24)13-16(3)27/h10-12,14,21H,6-9,13H2,1-5H3. The fourth-order valence-corrected chi connectivity index (χ4v) is 4.50. The van der Waals surface area contributed by atoms with E-state index in [2.05, 4.69) is 25.1 Å². The zero-order chi connectivity index (χ0) is 22.3. The number of ether oxygens (including phenoxy) is 3. The third kappa shape index (κ3) is 3.93. The van der Waals surface area contributed by atoms with Crippen LogP contribution in [-0.4, -0.2) is 18.0 Å². The van der Waals surface area contributed by atoms with Gasteiger partial charge in [-0.05, 0) is 57.7 Å². The number of cyclic esters (lactones) is 1. The normalized spacial score (nSPS) is 18.1. The van der Waals surface area contributed by atoms with Gasteiger partial charge in [0.15, 0.2) is 0 Å². The molecule has 0 bridgehead atoms. The summed E-state index contributed by atoms with van der Waals surface area (Å²) in [5, 5.41) is 0. The summed E-state index contributed by atoms with van der Waals surface area (Å²) in [4.78, 5) is 24.8. The lowest BCUT2D eigenvalue weighted by atomic mass is 9.83. The van der Waals surface area contributed by atoms with Gasteiger partial charge in [-0.1, -0.05) is 43.5 Å². The van der Waals surface area contributed by atoms with Crippen molar-refractivity contribution in [1.82, 2.24) is 0 Å². The molecule has 0 aromatic heterocycles. The van der Waals surface area contributed by atoms with Crippen LogP contribution in [0.15, 0.2) is 24.3 Å². The number of hydrogen-bond acceptors (Lipinski definition) is 5. The average Bonchev–Trinajstić information content (AvgIpc) is 2.66. The largest absolute Gasteiger partial charge is 0.482 e. The summed E-state index contributed by atoms with van der Waals surface area (Å²) < 4.78 is 18.1. The van der Waals surface area contributed by atoms with E-state index in [0.717, 1.165) is 53.5 Å². The van der Waals surface area contributed by atoms with Gasteiger partial charge < -0.3 is 14.2 Å². The molecule has 164 valence electrons. The lowest BCUT2D eigenvalue weighted by molar-refractivity contribution is -0.125. The first-order valence-electron chi connectivity index (χ1n) is 11.1. The molecule has 31 heavy (non-hydrogen) atoms. The van der Waals surface area contributed by atoms with E-state index in [1.165, 1.54) is 6.92 Å². The minimum absolute atomic E-state index is 0.0209. The molecule has 0 saturated heterocycles. The van der Waals surface area contributed by atoms with Crippen molar-refractivity contribution < 1.29 is 23.8 Å². The topological polar surface area (TPSA) is 61.8 Å². The third-order valence-corrected chi connectivity index (χ3v) is 5.98. The molecular weight excluding hydrogens is 392 g/mol. The van der Waals surface area contributed by atoms with Crippen LogP contribution in [0, 0.1) is 6.92 Å². The fraction of sp³-hybridized carbons (Fsp3) is 0.462. The zero-order valence-electron chi connectivity index (χ0n) is 19.0. The van der Waals surface area contributed by atoms with Gasteiger partial charge in [-0.25, -0.2) is 4.79 Å². The predicted octanol–water partition coefficient (Wildman–Crippen LogP) is 5.88. The molecule has 0 N–H and O–H groups in total. The highest BCUT2D eigenvalue weighted by Gasteiger charge is 2.40. The molecule has 0 radical (unpaired) electrons. The van der Waals surface area contributed by atoms with E-state index in [1.54, 1.807) is 0 Å². The highest BCUT2D eigenvalue weighted by atomic mass is 16.7. The molecule has 0 saturated carbocycles. The van der Waals surface area contributed by atoms with Gasteiger partial charge in [0.25, 0.3) is 6.29 Å². The summed E-state index contributed by atoms with van der Waals surface area (Å²) in [6, 6.07) is 8.23. The van der Waals surface area contributed by atoms with Crippen LogP contribution >= 0.6 is 0 Å². The van der Waals surface area contributed by atoms with Crippen molar-refractivity contribution in [2.75, 3.05) is 0 Å². The van der Waals surface area contributed by atoms with Crippen molar-refractivity contribution in [3.63, 3.8) is 0 Å². The molecule has 0 aliphatic carbocycles. The first-order valence-corrected chi connectivity index (χ1v) is 11.1. The second kappa shape index (κ2) is 8.03. The summed E-state index contributed by atoms with van der Waals surface area (Å²) in [5.74, 6) is 0.669. The Labute approximate surface area is 183 Å². The molecule has 0 spiro atoms. The first kappa shape index (κ1) is 21.4. The van der Waals surface area contributed by atoms with Crippen molar-refractivity contribution in [1.29, 1.82) is 0 Å². The van der Waals surface area contributed by atoms with Crippen LogP contribution in [0.5, 0.6) is 11.5 Å². The number of ketones is 1. The summed E-state index contributed by atoms with van der Waals surface area (Å²) >= 11 is 0. The maximum Gasteiger partial charge on any atom is 0.345 e. The van der Waals surface area contributed by atoms with Crippen LogP contribution in [0.2, 0.25) is 0 Å². The van der Waals surface area contributed by atoms with Gasteiger partial charge in [0, 0.05) is 5.56 Å². The molecule has 2 aliphatic rings. The van der Waals surface area contributed by atoms with Gasteiger partial charge in [-0.3, -0.25) is 4.79 Å². The molecule has 2 aromatic rings. The van der Waals surface area contributed by atoms with E-state index in [9.17, 15) is 9.59 Å². The lowest BCUT2D eigenvalue weighted by Crippen LogP contribution is -2.34. The van der Waals surface area contributed by atoms with E-state index in [0.29, 0.717) is 17.1 Å². The Morgan fingerprint density at radius 3 is 2.58 bits per heavy atom. The quantitative estimate of drug-likeness (QED) is 0.430. The molecule has 0 amide bonds. The van der Waals surface area contributed by atoms with Crippen LogP contribution in [0.3, 0.4) is 0 Å². The number of aryl methyl sites for hydroxylation is 2. The molecule has 0 fully saturated rings. The van der Waals surface area contributed by atoms with Gasteiger partial charge in [-0.2, -0.15) is 0 Å². The van der Waals surface area contributed by atoms with Crippen molar-refractivity contribution in [3.05, 3.63) is 46.5 Å². The Hall–Kier alpha value is -2.82. The van der Waals surface area contributed by atoms with Gasteiger partial charge in [0.05, 0.1) is 12.0 Å². The fourth-order valence-electron chi connectivity index (χ4n) is 4.50. The Morgan fingerprint density at radius 2 is 1.87 bits per heavy atom. The van der Waals surface area contributed by atoms with Crippen LogP contribution in [-0.2, 0) is 21.6 Å². The average molecular weight is 423 g/mol. The summed E-state index contributed by atoms with van der Waals surface area (Å²) in [6.07, 6.45) is 2.96. The van der Waals surface area contributed by atoms with Gasteiger partial charge in [-0.15, -0.1) is 0 Å². The maximum atomic E-state index is 13.1. The second-order valence-electron chi connectivity index (χ2n) is 9.09. The number of fused-ring (bicyclic) bond motifs is 5. The number of hydrogen-bond donors (Lipinski definition) is 0. The molecule has 1 atom stereocenters. The molecule has 2 heterocycles. The van der Waals surface area contributed by atoms with Crippen molar-refractivity contribution in [2.24, 2.45) is 0 Å². The number of Topliss-reactive ketones (excluding diaryl/α,β-unsaturated/α-hetero) is 1. The van der Waals surface area contributed by atoms with Crippen molar-refractivity contribution in [3.8, 4) is 22.6 Å². The number of carbonyl (C=O) groups excluding carboxylic acids is 2. The van der Waals surface area contributed by atoms with E-state index < -0.39 is 17.9 Å². The highest BCUT2D eigenvalue weighted by Crippen LogP contribution is 2.53. The smallest absolute Gasteiger partial charge is 0.345 e. The molecular formula is C26H30O5. The number of unbranched alkanes of at least 4 members (excludes halogenated alkanes) is 2. The minimum atomic E-state index is -0.921. The Kier molecular flexibility index (Phi) is 5.54. The number of esters is 1. The van der Waals surface area contributed by atoms with E-state index >= 15 is 0 Å². The van der Waals surface area contributed by atoms with Crippen molar-refractivity contribution >= 4 is 11.8 Å². The van der Waals surface area contributed by atoms with Crippen LogP contribution in [0.1, 0.15) is 80.4 Å². The zero-order valence-corrected chi connectivity index (χ0v) is 19.0. The number of benzene rings is 2. The molecule has 4 rings (SSSR count). The van der Waals surface area contributed by atoms with Crippen LogP contribution < -0.4 is 9.47 Å². The van der Waals surface area contributed by atoms with Crippen molar-refractivity contribution in [2.45, 2.75) is 78.6 Å². The van der Waals surface area contributed by atoms with Crippen LogP contribution in [0.4, 0.5) is 0 Å². The molecule has 2 aliphatic heterocycles. The Morgan fingerprint density at radius 1 is 1.10 bits per heavy atom. The summed E-state index contributed by atoms with van der Waals surface area (Å²) in [6.45, 7) is 9.76. The Bertz CT molecular complexity index is 1050. The van der Waals surface area contributed by atoms with Gasteiger partial charge in [0.1, 0.15) is 28.4 Å². The molecule has 5 heteroatoms. The number of rotatable bonds is 6. The molecule has 1 unspecified atom stereocenters. The minimum Gasteiger partial charge on any atom is -0.482 e. The monoisotopic (exact) mass is 422 g/mol. The maximum absolute atomic E-state index is 13.1. The second-order valence-corrected chi connectivity index (χ2v) is 9.09. The lowest BCUT2D eigenvalue weighted by Gasteiger charge is -2.38. The van der Waals surface area contributed by atoms with Gasteiger partial charge >= 0.3 is 5.97 Å². The molecule has 5 nitrogen and oxygen atoms in total. The number of carbonyl (C=O) groups is 2. The summed E-state index contributed by atoms with van der Waals surface area (Å²) in [7, 11) is 0.